The molecule has 0 aromatic heterocycles. The van der Waals surface area contributed by atoms with Crippen molar-refractivity contribution in [1.82, 2.24) is 5.32 Å². The molecule has 146 valence electrons. The number of benzene rings is 3. The summed E-state index contributed by atoms with van der Waals surface area (Å²) in [6, 6.07) is 28.1. The third kappa shape index (κ3) is 5.46. The van der Waals surface area contributed by atoms with E-state index in [0.717, 1.165) is 18.7 Å². The lowest BCUT2D eigenvalue weighted by molar-refractivity contribution is 0.269. The maximum atomic E-state index is 6.09. The maximum Gasteiger partial charge on any atom is 0.125 e. The van der Waals surface area contributed by atoms with Gasteiger partial charge in [0.25, 0.3) is 0 Å². The first-order valence-corrected chi connectivity index (χ1v) is 10.2. The topological polar surface area (TPSA) is 21.3 Å². The molecule has 0 heterocycles. The van der Waals surface area contributed by atoms with Crippen LogP contribution in [0.5, 0.6) is 5.75 Å². The van der Waals surface area contributed by atoms with Crippen LogP contribution in [0, 0.1) is 13.8 Å². The Morgan fingerprint density at radius 1 is 0.750 bits per heavy atom. The summed E-state index contributed by atoms with van der Waals surface area (Å²) in [6.07, 6.45) is 1.06. The van der Waals surface area contributed by atoms with Crippen molar-refractivity contribution in [2.45, 2.75) is 39.2 Å². The zero-order chi connectivity index (χ0) is 19.8. The SMILES string of the molecule is Cc1cccc(C)c1OC[C@@H](C)NCCC(c1ccccc1)c1ccccc1. The lowest BCUT2D eigenvalue weighted by Gasteiger charge is -2.21. The molecule has 0 aliphatic heterocycles. The summed E-state index contributed by atoms with van der Waals surface area (Å²) in [7, 11) is 0. The molecule has 0 unspecified atom stereocenters. The molecule has 0 spiro atoms. The Morgan fingerprint density at radius 2 is 1.29 bits per heavy atom. The first-order chi connectivity index (χ1) is 13.6. The van der Waals surface area contributed by atoms with Crippen molar-refractivity contribution in [1.29, 1.82) is 0 Å². The second kappa shape index (κ2) is 10.1. The van der Waals surface area contributed by atoms with E-state index in [0.29, 0.717) is 18.6 Å². The Labute approximate surface area is 169 Å². The fraction of sp³-hybridized carbons (Fsp3) is 0.308. The number of para-hydroxylation sites is 1. The number of aryl methyl sites for hydroxylation is 2. The molecular weight excluding hydrogens is 342 g/mol. The van der Waals surface area contributed by atoms with Crippen LogP contribution in [-0.2, 0) is 0 Å². The van der Waals surface area contributed by atoms with Crippen LogP contribution < -0.4 is 10.1 Å². The highest BCUT2D eigenvalue weighted by Gasteiger charge is 2.14. The molecule has 3 aromatic carbocycles. The first kappa shape index (κ1) is 20.2. The Hall–Kier alpha value is -2.58. The van der Waals surface area contributed by atoms with Gasteiger partial charge in [-0.3, -0.25) is 0 Å². The van der Waals surface area contributed by atoms with E-state index in [1.165, 1.54) is 22.3 Å². The Morgan fingerprint density at radius 3 is 1.82 bits per heavy atom. The van der Waals surface area contributed by atoms with Gasteiger partial charge < -0.3 is 10.1 Å². The van der Waals surface area contributed by atoms with Crippen LogP contribution >= 0.6 is 0 Å². The van der Waals surface area contributed by atoms with Crippen LogP contribution in [-0.4, -0.2) is 19.2 Å². The van der Waals surface area contributed by atoms with Gasteiger partial charge >= 0.3 is 0 Å². The third-order valence-corrected chi connectivity index (χ3v) is 5.22. The van der Waals surface area contributed by atoms with E-state index < -0.39 is 0 Å². The van der Waals surface area contributed by atoms with E-state index in [-0.39, 0.29) is 0 Å². The first-order valence-electron chi connectivity index (χ1n) is 10.2. The summed E-state index contributed by atoms with van der Waals surface area (Å²) in [5, 5.41) is 3.64. The smallest absolute Gasteiger partial charge is 0.125 e. The van der Waals surface area contributed by atoms with Gasteiger partial charge in [0, 0.05) is 12.0 Å². The van der Waals surface area contributed by atoms with Crippen LogP contribution in [0.2, 0.25) is 0 Å². The summed E-state index contributed by atoms with van der Waals surface area (Å²) >= 11 is 0. The summed E-state index contributed by atoms with van der Waals surface area (Å²) < 4.78 is 6.09. The third-order valence-electron chi connectivity index (χ3n) is 5.22. The molecule has 3 aromatic rings. The van der Waals surface area contributed by atoms with E-state index in [1.807, 2.05) is 0 Å². The number of nitrogens with one attached hydrogen (secondary N) is 1. The highest BCUT2D eigenvalue weighted by molar-refractivity contribution is 5.39. The van der Waals surface area contributed by atoms with Gasteiger partial charge in [0.15, 0.2) is 0 Å². The number of hydrogen-bond donors (Lipinski definition) is 1. The highest BCUT2D eigenvalue weighted by Crippen LogP contribution is 2.27. The highest BCUT2D eigenvalue weighted by atomic mass is 16.5. The van der Waals surface area contributed by atoms with E-state index in [4.69, 9.17) is 4.74 Å². The average Bonchev–Trinajstić information content (AvgIpc) is 2.72. The standard InChI is InChI=1S/C26H31NO/c1-20-11-10-12-21(2)26(20)28-19-22(3)27-18-17-25(23-13-6-4-7-14-23)24-15-8-5-9-16-24/h4-16,22,25,27H,17-19H2,1-3H3/t22-/m1/s1. The molecule has 0 amide bonds. The molecule has 28 heavy (non-hydrogen) atoms. The second-order valence-electron chi connectivity index (χ2n) is 7.55. The van der Waals surface area contributed by atoms with E-state index in [2.05, 4.69) is 105 Å². The number of hydrogen-bond acceptors (Lipinski definition) is 2. The van der Waals surface area contributed by atoms with Crippen LogP contribution in [0.25, 0.3) is 0 Å². The van der Waals surface area contributed by atoms with Gasteiger partial charge in [-0.05, 0) is 56.0 Å². The molecule has 0 bridgehead atoms. The Bertz CT molecular complexity index is 785. The molecule has 2 nitrogen and oxygen atoms in total. The summed E-state index contributed by atoms with van der Waals surface area (Å²) in [5.41, 5.74) is 5.13. The molecule has 0 saturated heterocycles. The summed E-state index contributed by atoms with van der Waals surface area (Å²) in [6.45, 7) is 8.02. The zero-order valence-corrected chi connectivity index (χ0v) is 17.2. The van der Waals surface area contributed by atoms with Crippen molar-refractivity contribution >= 4 is 0 Å². The second-order valence-corrected chi connectivity index (χ2v) is 7.55. The van der Waals surface area contributed by atoms with Gasteiger partial charge in [-0.15, -0.1) is 0 Å². The summed E-state index contributed by atoms with van der Waals surface area (Å²) in [4.78, 5) is 0. The van der Waals surface area contributed by atoms with Gasteiger partial charge in [-0.1, -0.05) is 78.9 Å². The van der Waals surface area contributed by atoms with Crippen LogP contribution in [0.3, 0.4) is 0 Å². The monoisotopic (exact) mass is 373 g/mol. The molecule has 0 aliphatic rings. The number of ether oxygens (including phenoxy) is 1. The van der Waals surface area contributed by atoms with Gasteiger partial charge in [0.2, 0.25) is 0 Å². The van der Waals surface area contributed by atoms with Crippen molar-refractivity contribution < 1.29 is 4.74 Å². The minimum atomic E-state index is 0.297. The minimum Gasteiger partial charge on any atom is -0.491 e. The lowest BCUT2D eigenvalue weighted by atomic mass is 9.88. The molecule has 3 rings (SSSR count). The average molecular weight is 374 g/mol. The fourth-order valence-corrected chi connectivity index (χ4v) is 3.66. The fourth-order valence-electron chi connectivity index (χ4n) is 3.66. The van der Waals surface area contributed by atoms with Crippen molar-refractivity contribution in [3.05, 3.63) is 101 Å². The van der Waals surface area contributed by atoms with Gasteiger partial charge in [-0.2, -0.15) is 0 Å². The number of rotatable bonds is 9. The molecule has 0 aliphatic carbocycles. The quantitative estimate of drug-likeness (QED) is 0.505. The molecule has 0 saturated carbocycles. The maximum absolute atomic E-state index is 6.09. The predicted molar refractivity (Wildman–Crippen MR) is 118 cm³/mol. The normalized spacial score (nSPS) is 12.1. The molecule has 1 atom stereocenters. The van der Waals surface area contributed by atoms with Gasteiger partial charge in [0.05, 0.1) is 0 Å². The van der Waals surface area contributed by atoms with Crippen LogP contribution in [0.15, 0.2) is 78.9 Å². The molecular formula is C26H31NO. The molecule has 0 fully saturated rings. The van der Waals surface area contributed by atoms with Crippen LogP contribution in [0.1, 0.15) is 41.5 Å². The minimum absolute atomic E-state index is 0.297. The van der Waals surface area contributed by atoms with E-state index in [9.17, 15) is 0 Å². The van der Waals surface area contributed by atoms with Crippen molar-refractivity contribution in [2.75, 3.05) is 13.2 Å². The van der Waals surface area contributed by atoms with Gasteiger partial charge in [0.1, 0.15) is 12.4 Å². The van der Waals surface area contributed by atoms with Crippen LogP contribution in [0.4, 0.5) is 0 Å². The van der Waals surface area contributed by atoms with Crippen molar-refractivity contribution in [2.24, 2.45) is 0 Å². The zero-order valence-electron chi connectivity index (χ0n) is 17.2. The largest absolute Gasteiger partial charge is 0.491 e. The van der Waals surface area contributed by atoms with Gasteiger partial charge in [-0.25, -0.2) is 0 Å². The molecule has 1 N–H and O–H groups in total. The molecule has 0 radical (unpaired) electrons. The molecule has 2 heteroatoms. The van der Waals surface area contributed by atoms with Crippen molar-refractivity contribution in [3.8, 4) is 5.75 Å². The predicted octanol–water partition coefficient (Wildman–Crippen LogP) is 5.88. The van der Waals surface area contributed by atoms with E-state index in [1.54, 1.807) is 0 Å². The Balaban J connectivity index is 1.55. The summed E-state index contributed by atoms with van der Waals surface area (Å²) in [5.74, 6) is 1.42. The van der Waals surface area contributed by atoms with E-state index >= 15 is 0 Å². The Kier molecular flexibility index (Phi) is 7.27. The lowest BCUT2D eigenvalue weighted by Crippen LogP contribution is -2.33. The van der Waals surface area contributed by atoms with Crippen molar-refractivity contribution in [3.63, 3.8) is 0 Å².